The van der Waals surface area contributed by atoms with E-state index in [0.29, 0.717) is 28.8 Å². The van der Waals surface area contributed by atoms with Crippen molar-refractivity contribution in [1.82, 2.24) is 25.8 Å². The monoisotopic (exact) mass is 359 g/mol. The second-order valence-corrected chi connectivity index (χ2v) is 5.65. The van der Waals surface area contributed by atoms with Gasteiger partial charge in [-0.15, -0.1) is 0 Å². The maximum atomic E-state index is 12.9. The second kappa shape index (κ2) is 7.76. The van der Waals surface area contributed by atoms with Crippen LogP contribution in [0.15, 0.2) is 48.5 Å². The van der Waals surface area contributed by atoms with Crippen LogP contribution in [0.4, 0.5) is 9.18 Å². The molecule has 2 amide bonds. The van der Waals surface area contributed by atoms with Crippen LogP contribution in [-0.2, 0) is 13.1 Å². The third kappa shape index (κ3) is 4.54. The molecule has 0 saturated carbocycles. The molecule has 0 aliphatic heterocycles. The number of amides is 2. The number of H-pyrrole nitrogens is 1. The number of aromatic nitrogens is 3. The predicted molar refractivity (Wildman–Crippen MR) is 92.3 cm³/mol. The van der Waals surface area contributed by atoms with Gasteiger partial charge in [-0.2, -0.15) is 5.10 Å². The minimum atomic E-state index is -0.348. The van der Waals surface area contributed by atoms with Crippen LogP contribution >= 0.6 is 11.6 Å². The largest absolute Gasteiger partial charge is 0.334 e. The molecule has 8 heteroatoms. The zero-order valence-corrected chi connectivity index (χ0v) is 13.8. The van der Waals surface area contributed by atoms with Crippen molar-refractivity contribution < 1.29 is 9.18 Å². The molecule has 6 nitrogen and oxygen atoms in total. The van der Waals surface area contributed by atoms with Crippen molar-refractivity contribution in [3.05, 3.63) is 70.8 Å². The Morgan fingerprint density at radius 1 is 1.08 bits per heavy atom. The lowest BCUT2D eigenvalue weighted by Gasteiger charge is -2.07. The fraction of sp³-hybridized carbons (Fsp3) is 0.118. The highest BCUT2D eigenvalue weighted by molar-refractivity contribution is 6.31. The fourth-order valence-electron chi connectivity index (χ4n) is 2.15. The SMILES string of the molecule is O=C(NCc1nc(-c2ccc(F)cc2)n[nH]1)NCc1ccccc1Cl. The Labute approximate surface area is 148 Å². The van der Waals surface area contributed by atoms with Crippen molar-refractivity contribution in [2.75, 3.05) is 0 Å². The Morgan fingerprint density at radius 2 is 1.80 bits per heavy atom. The highest BCUT2D eigenvalue weighted by atomic mass is 35.5. The summed E-state index contributed by atoms with van der Waals surface area (Å²) in [6.07, 6.45) is 0. The molecule has 0 fully saturated rings. The van der Waals surface area contributed by atoms with E-state index in [2.05, 4.69) is 25.8 Å². The van der Waals surface area contributed by atoms with E-state index in [4.69, 9.17) is 11.6 Å². The van der Waals surface area contributed by atoms with Crippen LogP contribution in [0.1, 0.15) is 11.4 Å². The molecule has 3 N–H and O–H groups in total. The normalized spacial score (nSPS) is 10.5. The summed E-state index contributed by atoms with van der Waals surface area (Å²) < 4.78 is 12.9. The Balaban J connectivity index is 1.51. The van der Waals surface area contributed by atoms with Gasteiger partial charge in [-0.3, -0.25) is 5.10 Å². The molecule has 0 saturated heterocycles. The van der Waals surface area contributed by atoms with E-state index in [-0.39, 0.29) is 18.4 Å². The fourth-order valence-corrected chi connectivity index (χ4v) is 2.35. The molecule has 0 spiro atoms. The van der Waals surface area contributed by atoms with Gasteiger partial charge in [-0.25, -0.2) is 14.2 Å². The summed E-state index contributed by atoms with van der Waals surface area (Å²) in [6.45, 7) is 0.505. The number of hydrogen-bond donors (Lipinski definition) is 3. The van der Waals surface area contributed by atoms with E-state index in [1.165, 1.54) is 12.1 Å². The summed E-state index contributed by atoms with van der Waals surface area (Å²) in [6, 6.07) is 12.8. The lowest BCUT2D eigenvalue weighted by atomic mass is 10.2. The summed E-state index contributed by atoms with van der Waals surface area (Å²) in [5.41, 5.74) is 1.52. The first-order valence-corrected chi connectivity index (χ1v) is 7.92. The predicted octanol–water partition coefficient (Wildman–Crippen LogP) is 3.26. The maximum Gasteiger partial charge on any atom is 0.315 e. The van der Waals surface area contributed by atoms with Gasteiger partial charge in [0.1, 0.15) is 11.6 Å². The molecular weight excluding hydrogens is 345 g/mol. The zero-order chi connectivity index (χ0) is 17.6. The average Bonchev–Trinajstić information content (AvgIpc) is 3.09. The molecule has 1 heterocycles. The van der Waals surface area contributed by atoms with Crippen LogP contribution in [0.25, 0.3) is 11.4 Å². The first kappa shape index (κ1) is 16.9. The van der Waals surface area contributed by atoms with Crippen molar-refractivity contribution in [1.29, 1.82) is 0 Å². The van der Waals surface area contributed by atoms with Gasteiger partial charge >= 0.3 is 6.03 Å². The average molecular weight is 360 g/mol. The number of nitrogens with one attached hydrogen (secondary N) is 3. The summed E-state index contributed by atoms with van der Waals surface area (Å²) in [4.78, 5) is 16.1. The Hall–Kier alpha value is -2.93. The Kier molecular flexibility index (Phi) is 5.25. The molecule has 2 aromatic carbocycles. The molecule has 0 radical (unpaired) electrons. The lowest BCUT2D eigenvalue weighted by molar-refractivity contribution is 0.240. The number of rotatable bonds is 5. The highest BCUT2D eigenvalue weighted by Crippen LogP contribution is 2.15. The van der Waals surface area contributed by atoms with E-state index < -0.39 is 0 Å². The number of aromatic amines is 1. The van der Waals surface area contributed by atoms with Crippen LogP contribution in [0, 0.1) is 5.82 Å². The third-order valence-corrected chi connectivity index (χ3v) is 3.82. The molecule has 0 aliphatic carbocycles. The van der Waals surface area contributed by atoms with Gasteiger partial charge in [0, 0.05) is 17.1 Å². The molecule has 0 bridgehead atoms. The minimum absolute atomic E-state index is 0.183. The summed E-state index contributed by atoms with van der Waals surface area (Å²) in [7, 11) is 0. The standard InChI is InChI=1S/C17H15ClFN5O/c18-14-4-2-1-3-12(14)9-20-17(25)21-10-15-22-16(24-23-15)11-5-7-13(19)8-6-11/h1-8H,9-10H2,(H2,20,21,25)(H,22,23,24). The Morgan fingerprint density at radius 3 is 2.56 bits per heavy atom. The zero-order valence-electron chi connectivity index (χ0n) is 13.1. The van der Waals surface area contributed by atoms with Crippen molar-refractivity contribution in [2.45, 2.75) is 13.1 Å². The third-order valence-electron chi connectivity index (χ3n) is 3.45. The summed E-state index contributed by atoms with van der Waals surface area (Å²) >= 11 is 6.03. The van der Waals surface area contributed by atoms with E-state index in [9.17, 15) is 9.18 Å². The highest BCUT2D eigenvalue weighted by Gasteiger charge is 2.08. The van der Waals surface area contributed by atoms with E-state index in [1.54, 1.807) is 18.2 Å². The van der Waals surface area contributed by atoms with Gasteiger partial charge in [-0.05, 0) is 35.9 Å². The molecule has 0 atom stereocenters. The van der Waals surface area contributed by atoms with E-state index >= 15 is 0 Å². The van der Waals surface area contributed by atoms with Crippen molar-refractivity contribution >= 4 is 17.6 Å². The van der Waals surface area contributed by atoms with E-state index in [0.717, 1.165) is 5.56 Å². The summed E-state index contributed by atoms with van der Waals surface area (Å²) in [5.74, 6) is 0.608. The van der Waals surface area contributed by atoms with Crippen molar-refractivity contribution in [2.24, 2.45) is 0 Å². The van der Waals surface area contributed by atoms with Crippen LogP contribution < -0.4 is 10.6 Å². The molecule has 1 aromatic heterocycles. The number of benzene rings is 2. The van der Waals surface area contributed by atoms with Crippen LogP contribution in [0.2, 0.25) is 5.02 Å². The number of carbonyl (C=O) groups excluding carboxylic acids is 1. The Bertz CT molecular complexity index is 865. The van der Waals surface area contributed by atoms with Gasteiger partial charge in [-0.1, -0.05) is 29.8 Å². The second-order valence-electron chi connectivity index (χ2n) is 5.24. The number of urea groups is 1. The van der Waals surface area contributed by atoms with Gasteiger partial charge in [0.05, 0.1) is 6.54 Å². The lowest BCUT2D eigenvalue weighted by Crippen LogP contribution is -2.34. The van der Waals surface area contributed by atoms with Gasteiger partial charge in [0.2, 0.25) is 0 Å². The first-order chi connectivity index (χ1) is 12.1. The van der Waals surface area contributed by atoms with Gasteiger partial charge in [0.25, 0.3) is 0 Å². The van der Waals surface area contributed by atoms with Crippen LogP contribution in [0.3, 0.4) is 0 Å². The van der Waals surface area contributed by atoms with Crippen molar-refractivity contribution in [3.63, 3.8) is 0 Å². The molecule has 25 heavy (non-hydrogen) atoms. The smallest absolute Gasteiger partial charge is 0.315 e. The molecule has 0 aliphatic rings. The number of halogens is 2. The quantitative estimate of drug-likeness (QED) is 0.654. The molecule has 128 valence electrons. The van der Waals surface area contributed by atoms with Crippen molar-refractivity contribution in [3.8, 4) is 11.4 Å². The minimum Gasteiger partial charge on any atom is -0.334 e. The van der Waals surface area contributed by atoms with Gasteiger partial charge in [0.15, 0.2) is 5.82 Å². The molecule has 0 unspecified atom stereocenters. The topological polar surface area (TPSA) is 82.7 Å². The summed E-state index contributed by atoms with van der Waals surface area (Å²) in [5, 5.41) is 12.8. The van der Waals surface area contributed by atoms with Crippen LogP contribution in [-0.4, -0.2) is 21.2 Å². The first-order valence-electron chi connectivity index (χ1n) is 7.54. The number of hydrogen-bond acceptors (Lipinski definition) is 3. The number of nitrogens with zero attached hydrogens (tertiary/aromatic N) is 2. The van der Waals surface area contributed by atoms with Gasteiger partial charge < -0.3 is 10.6 Å². The molecular formula is C17H15ClFN5O. The van der Waals surface area contributed by atoms with Crippen LogP contribution in [0.5, 0.6) is 0 Å². The molecule has 3 aromatic rings. The maximum absolute atomic E-state index is 12.9. The number of carbonyl (C=O) groups is 1. The molecule has 3 rings (SSSR count). The van der Waals surface area contributed by atoms with E-state index in [1.807, 2.05) is 18.2 Å².